The van der Waals surface area contributed by atoms with E-state index < -0.39 is 42.1 Å². The molecule has 10 heteroatoms. The lowest BCUT2D eigenvalue weighted by Gasteiger charge is -2.34. The fraction of sp³-hybridized carbons (Fsp3) is 0.643. The van der Waals surface area contributed by atoms with Crippen molar-refractivity contribution >= 4 is 24.2 Å². The van der Waals surface area contributed by atoms with Gasteiger partial charge in [0, 0.05) is 13.0 Å². The van der Waals surface area contributed by atoms with Crippen molar-refractivity contribution in [2.75, 3.05) is 6.61 Å². The maximum Gasteiger partial charge on any atom is 0.326 e. The Kier molecular flexibility index (Phi) is 11.6. The third-order valence-electron chi connectivity index (χ3n) is 6.98. The smallest absolute Gasteiger partial charge is 0.326 e. The Labute approximate surface area is 225 Å². The molecule has 212 valence electrons. The monoisotopic (exact) mass is 533 g/mol. The number of phenols is 1. The third kappa shape index (κ3) is 9.31. The molecule has 4 N–H and O–H groups in total. The van der Waals surface area contributed by atoms with E-state index in [9.17, 15) is 29.4 Å². The van der Waals surface area contributed by atoms with Gasteiger partial charge in [0.1, 0.15) is 30.1 Å². The largest absolute Gasteiger partial charge is 0.508 e. The number of aromatic hydroxyl groups is 1. The van der Waals surface area contributed by atoms with Gasteiger partial charge in [-0.3, -0.25) is 14.4 Å². The summed E-state index contributed by atoms with van der Waals surface area (Å²) in [4.78, 5) is 52.3. The number of carbonyl (C=O) groups is 4. The number of nitrogens with zero attached hydrogens (tertiary/aromatic N) is 1. The van der Waals surface area contributed by atoms with Gasteiger partial charge in [-0.15, -0.1) is 0 Å². The van der Waals surface area contributed by atoms with Crippen molar-refractivity contribution in [3.8, 4) is 5.75 Å². The molecule has 0 spiro atoms. The van der Waals surface area contributed by atoms with Crippen LogP contribution in [0.1, 0.15) is 72.3 Å². The minimum Gasteiger partial charge on any atom is -0.508 e. The molecular formula is C28H43N3O7. The number of aliphatic carboxylic acids is 1. The molecule has 2 rings (SSSR count). The van der Waals surface area contributed by atoms with Crippen molar-refractivity contribution < 1.29 is 34.1 Å². The van der Waals surface area contributed by atoms with Gasteiger partial charge in [0.25, 0.3) is 0 Å². The van der Waals surface area contributed by atoms with Crippen LogP contribution in [0.3, 0.4) is 0 Å². The number of rotatable bonds is 14. The third-order valence-corrected chi connectivity index (χ3v) is 6.98. The van der Waals surface area contributed by atoms with E-state index in [1.807, 2.05) is 34.6 Å². The number of hydrogen-bond acceptors (Lipinski definition) is 6. The SMILES string of the molecule is CC[C@H](C)[C@H](NC(=O)[C@H](Cc1ccc(O)cc1)N(C=O)[C@H]1CCCO1)C(=O)N[C@@H](CCC(C)(C)C)C(=O)O. The van der Waals surface area contributed by atoms with Gasteiger partial charge in [0.2, 0.25) is 18.2 Å². The molecule has 5 atom stereocenters. The standard InChI is InChI=1S/C28H43N3O7/c1-6-18(2)24(26(35)29-21(27(36)37)13-14-28(3,4)5)30-25(34)22(16-19-9-11-20(33)12-10-19)31(17-32)23-8-7-15-38-23/h9-12,17-18,21-24,33H,6-8,13-16H2,1-5H3,(H,29,35)(H,30,34)(H,36,37)/t18-,21-,22-,23+,24-/m0/s1. The van der Waals surface area contributed by atoms with Gasteiger partial charge in [-0.2, -0.15) is 0 Å². The van der Waals surface area contributed by atoms with Crippen LogP contribution in [0.4, 0.5) is 0 Å². The van der Waals surface area contributed by atoms with Crippen molar-refractivity contribution in [3.63, 3.8) is 0 Å². The van der Waals surface area contributed by atoms with Crippen LogP contribution in [0, 0.1) is 11.3 Å². The van der Waals surface area contributed by atoms with Crippen LogP contribution >= 0.6 is 0 Å². The molecule has 0 aliphatic carbocycles. The number of ether oxygens (including phenoxy) is 1. The van der Waals surface area contributed by atoms with Crippen LogP contribution < -0.4 is 10.6 Å². The normalized spacial score (nSPS) is 18.6. The van der Waals surface area contributed by atoms with E-state index in [4.69, 9.17) is 4.74 Å². The van der Waals surface area contributed by atoms with E-state index >= 15 is 0 Å². The highest BCUT2D eigenvalue weighted by atomic mass is 16.5. The Bertz CT molecular complexity index is 939. The summed E-state index contributed by atoms with van der Waals surface area (Å²) >= 11 is 0. The van der Waals surface area contributed by atoms with Gasteiger partial charge in [-0.25, -0.2) is 4.79 Å². The summed E-state index contributed by atoms with van der Waals surface area (Å²) in [5.41, 5.74) is 0.607. The highest BCUT2D eigenvalue weighted by molar-refractivity contribution is 5.92. The van der Waals surface area contributed by atoms with Crippen molar-refractivity contribution in [1.29, 1.82) is 0 Å². The van der Waals surface area contributed by atoms with E-state index in [0.29, 0.717) is 37.8 Å². The molecule has 1 saturated heterocycles. The summed E-state index contributed by atoms with van der Waals surface area (Å²) < 4.78 is 5.68. The first-order valence-corrected chi connectivity index (χ1v) is 13.3. The molecule has 1 aliphatic heterocycles. The topological polar surface area (TPSA) is 145 Å². The van der Waals surface area contributed by atoms with Crippen molar-refractivity contribution in [1.82, 2.24) is 15.5 Å². The Hall–Kier alpha value is -3.14. The molecule has 1 fully saturated rings. The van der Waals surface area contributed by atoms with E-state index in [2.05, 4.69) is 10.6 Å². The Morgan fingerprint density at radius 3 is 2.32 bits per heavy atom. The zero-order chi connectivity index (χ0) is 28.5. The highest BCUT2D eigenvalue weighted by Crippen LogP contribution is 2.23. The fourth-order valence-corrected chi connectivity index (χ4v) is 4.37. The molecule has 0 radical (unpaired) electrons. The van der Waals surface area contributed by atoms with Gasteiger partial charge in [0.05, 0.1) is 0 Å². The van der Waals surface area contributed by atoms with E-state index in [1.165, 1.54) is 17.0 Å². The molecule has 0 unspecified atom stereocenters. The number of carbonyl (C=O) groups excluding carboxylic acids is 3. The summed E-state index contributed by atoms with van der Waals surface area (Å²) in [6.45, 7) is 10.2. The van der Waals surface area contributed by atoms with E-state index in [-0.39, 0.29) is 29.9 Å². The Morgan fingerprint density at radius 2 is 1.82 bits per heavy atom. The minimum absolute atomic E-state index is 0.0778. The quantitative estimate of drug-likeness (QED) is 0.269. The molecule has 38 heavy (non-hydrogen) atoms. The van der Waals surface area contributed by atoms with Crippen LogP contribution in [0.25, 0.3) is 0 Å². The van der Waals surface area contributed by atoms with Gasteiger partial charge in [0.15, 0.2) is 0 Å². The number of amides is 3. The minimum atomic E-state index is -1.13. The average molecular weight is 534 g/mol. The van der Waals surface area contributed by atoms with E-state index in [1.54, 1.807) is 12.1 Å². The summed E-state index contributed by atoms with van der Waals surface area (Å²) in [6, 6.07) is 3.27. The van der Waals surface area contributed by atoms with Crippen molar-refractivity contribution in [2.45, 2.75) is 97.5 Å². The summed E-state index contributed by atoms with van der Waals surface area (Å²) in [6.07, 6.45) is 2.92. The first-order chi connectivity index (χ1) is 17.9. The first-order valence-electron chi connectivity index (χ1n) is 13.3. The second-order valence-corrected chi connectivity index (χ2v) is 11.3. The molecule has 1 heterocycles. The summed E-state index contributed by atoms with van der Waals surface area (Å²) in [5.74, 6) is -2.46. The van der Waals surface area contributed by atoms with Crippen LogP contribution in [-0.2, 0) is 30.3 Å². The van der Waals surface area contributed by atoms with Gasteiger partial charge < -0.3 is 30.5 Å². The van der Waals surface area contributed by atoms with Crippen LogP contribution in [0.2, 0.25) is 0 Å². The van der Waals surface area contributed by atoms with Crippen molar-refractivity contribution in [2.24, 2.45) is 11.3 Å². The second-order valence-electron chi connectivity index (χ2n) is 11.3. The zero-order valence-corrected chi connectivity index (χ0v) is 23.1. The number of carboxylic acids is 1. The predicted octanol–water partition coefficient (Wildman–Crippen LogP) is 2.82. The maximum atomic E-state index is 13.7. The molecule has 1 aromatic rings. The van der Waals surface area contributed by atoms with Crippen LogP contribution in [-0.4, -0.2) is 70.3 Å². The van der Waals surface area contributed by atoms with Crippen LogP contribution in [0.15, 0.2) is 24.3 Å². The lowest BCUT2D eigenvalue weighted by atomic mass is 9.88. The fourth-order valence-electron chi connectivity index (χ4n) is 4.37. The number of nitrogens with one attached hydrogen (secondary N) is 2. The lowest BCUT2D eigenvalue weighted by molar-refractivity contribution is -0.146. The van der Waals surface area contributed by atoms with Gasteiger partial charge in [-0.05, 0) is 54.7 Å². The molecule has 0 saturated carbocycles. The Balaban J connectivity index is 2.28. The van der Waals surface area contributed by atoms with Gasteiger partial charge in [-0.1, -0.05) is 53.2 Å². The lowest BCUT2D eigenvalue weighted by Crippen LogP contribution is -2.59. The molecule has 10 nitrogen and oxygen atoms in total. The van der Waals surface area contributed by atoms with Crippen molar-refractivity contribution in [3.05, 3.63) is 29.8 Å². The van der Waals surface area contributed by atoms with E-state index in [0.717, 1.165) is 6.42 Å². The Morgan fingerprint density at radius 1 is 1.16 bits per heavy atom. The summed E-state index contributed by atoms with van der Waals surface area (Å²) in [5, 5.41) is 24.8. The number of hydrogen-bond donors (Lipinski definition) is 4. The second kappa shape index (κ2) is 14.1. The molecule has 1 aliphatic rings. The van der Waals surface area contributed by atoms with Gasteiger partial charge >= 0.3 is 5.97 Å². The molecule has 0 bridgehead atoms. The van der Waals surface area contributed by atoms with Crippen LogP contribution in [0.5, 0.6) is 5.75 Å². The number of phenolic OH excluding ortho intramolecular Hbond substituents is 1. The molecule has 1 aromatic carbocycles. The molecular weight excluding hydrogens is 490 g/mol. The molecule has 0 aromatic heterocycles. The average Bonchev–Trinajstić information content (AvgIpc) is 3.39. The first kappa shape index (κ1) is 31.1. The molecule has 3 amide bonds. The predicted molar refractivity (Wildman–Crippen MR) is 142 cm³/mol. The number of carboxylic acid groups (broad SMARTS) is 1. The maximum absolute atomic E-state index is 13.7. The zero-order valence-electron chi connectivity index (χ0n) is 23.1. The highest BCUT2D eigenvalue weighted by Gasteiger charge is 2.37. The number of benzene rings is 1. The summed E-state index contributed by atoms with van der Waals surface area (Å²) in [7, 11) is 0.